The van der Waals surface area contributed by atoms with E-state index in [1.54, 1.807) is 13.1 Å². The summed E-state index contributed by atoms with van der Waals surface area (Å²) in [5.41, 5.74) is 2.47. The maximum absolute atomic E-state index is 12.2. The zero-order chi connectivity index (χ0) is 16.9. The molecule has 6 nitrogen and oxygen atoms in total. The normalized spacial score (nSPS) is 14.5. The standard InChI is InChI=1S/C18H21N3O3/c1-3-24-18(22)15-12-19-16(14-6-4-5-13(2)11-14)20-17(15)21-7-9-23-10-8-21/h4-6,11-12H,3,7-10H2,1-2H3. The molecule has 1 fully saturated rings. The highest BCUT2D eigenvalue weighted by atomic mass is 16.5. The van der Waals surface area contributed by atoms with Crippen LogP contribution in [0.3, 0.4) is 0 Å². The summed E-state index contributed by atoms with van der Waals surface area (Å²) < 4.78 is 10.5. The van der Waals surface area contributed by atoms with E-state index in [-0.39, 0.29) is 0 Å². The lowest BCUT2D eigenvalue weighted by Gasteiger charge is -2.29. The Kier molecular flexibility index (Phi) is 5.05. The van der Waals surface area contributed by atoms with Gasteiger partial charge < -0.3 is 14.4 Å². The number of anilines is 1. The Hall–Kier alpha value is -2.47. The summed E-state index contributed by atoms with van der Waals surface area (Å²) in [4.78, 5) is 23.4. The summed E-state index contributed by atoms with van der Waals surface area (Å²) in [5.74, 6) is 0.825. The van der Waals surface area contributed by atoms with Crippen LogP contribution in [-0.4, -0.2) is 48.8 Å². The maximum atomic E-state index is 12.2. The average molecular weight is 327 g/mol. The van der Waals surface area contributed by atoms with E-state index in [1.165, 1.54) is 0 Å². The number of ether oxygens (including phenoxy) is 2. The van der Waals surface area contributed by atoms with Crippen LogP contribution in [0.5, 0.6) is 0 Å². The van der Waals surface area contributed by atoms with E-state index in [4.69, 9.17) is 9.47 Å². The Morgan fingerprint density at radius 1 is 1.33 bits per heavy atom. The molecule has 0 unspecified atom stereocenters. The number of carbonyl (C=O) groups is 1. The van der Waals surface area contributed by atoms with Crippen molar-refractivity contribution in [3.63, 3.8) is 0 Å². The molecule has 0 N–H and O–H groups in total. The first-order chi connectivity index (χ1) is 11.7. The minimum atomic E-state index is -0.394. The first kappa shape index (κ1) is 16.4. The molecule has 0 bridgehead atoms. The van der Waals surface area contributed by atoms with Crippen LogP contribution in [0.15, 0.2) is 30.5 Å². The first-order valence-electron chi connectivity index (χ1n) is 8.13. The quantitative estimate of drug-likeness (QED) is 0.804. The molecular formula is C18H21N3O3. The van der Waals surface area contributed by atoms with Gasteiger partial charge in [0.05, 0.1) is 19.8 Å². The minimum Gasteiger partial charge on any atom is -0.462 e. The Labute approximate surface area is 141 Å². The number of carbonyl (C=O) groups excluding carboxylic acids is 1. The highest BCUT2D eigenvalue weighted by Crippen LogP contribution is 2.24. The van der Waals surface area contributed by atoms with Crippen LogP contribution in [0, 0.1) is 6.92 Å². The van der Waals surface area contributed by atoms with Gasteiger partial charge in [-0.25, -0.2) is 14.8 Å². The van der Waals surface area contributed by atoms with Crippen LogP contribution in [0.25, 0.3) is 11.4 Å². The molecule has 2 heterocycles. The topological polar surface area (TPSA) is 64.5 Å². The highest BCUT2D eigenvalue weighted by Gasteiger charge is 2.22. The number of rotatable bonds is 4. The molecule has 0 amide bonds. The fourth-order valence-corrected chi connectivity index (χ4v) is 2.67. The number of aromatic nitrogens is 2. The van der Waals surface area contributed by atoms with Crippen LogP contribution < -0.4 is 4.90 Å². The van der Waals surface area contributed by atoms with Crippen LogP contribution in [0.4, 0.5) is 5.82 Å². The summed E-state index contributed by atoms with van der Waals surface area (Å²) in [6.07, 6.45) is 1.56. The monoisotopic (exact) mass is 327 g/mol. The number of benzene rings is 1. The summed E-state index contributed by atoms with van der Waals surface area (Å²) in [7, 11) is 0. The Bertz CT molecular complexity index is 727. The van der Waals surface area contributed by atoms with E-state index in [0.717, 1.165) is 11.1 Å². The van der Waals surface area contributed by atoms with Gasteiger partial charge in [-0.3, -0.25) is 0 Å². The van der Waals surface area contributed by atoms with Gasteiger partial charge in [0.25, 0.3) is 0 Å². The number of nitrogens with zero attached hydrogens (tertiary/aromatic N) is 3. The van der Waals surface area contributed by atoms with Crippen molar-refractivity contribution in [2.75, 3.05) is 37.8 Å². The van der Waals surface area contributed by atoms with Crippen molar-refractivity contribution in [3.8, 4) is 11.4 Å². The molecule has 3 rings (SSSR count). The van der Waals surface area contributed by atoms with E-state index >= 15 is 0 Å². The second-order valence-corrected chi connectivity index (χ2v) is 5.62. The number of esters is 1. The predicted molar refractivity (Wildman–Crippen MR) is 91.2 cm³/mol. The molecule has 24 heavy (non-hydrogen) atoms. The Balaban J connectivity index is 2.02. The van der Waals surface area contributed by atoms with Gasteiger partial charge in [0, 0.05) is 24.8 Å². The van der Waals surface area contributed by atoms with Gasteiger partial charge in [0.2, 0.25) is 0 Å². The molecule has 6 heteroatoms. The van der Waals surface area contributed by atoms with Crippen LogP contribution in [-0.2, 0) is 9.47 Å². The molecule has 1 saturated heterocycles. The summed E-state index contributed by atoms with van der Waals surface area (Å²) in [6, 6.07) is 8.00. The molecule has 2 aromatic rings. The molecule has 126 valence electrons. The molecular weight excluding hydrogens is 306 g/mol. The van der Waals surface area contributed by atoms with Crippen molar-refractivity contribution in [3.05, 3.63) is 41.6 Å². The first-order valence-corrected chi connectivity index (χ1v) is 8.13. The predicted octanol–water partition coefficient (Wildman–Crippen LogP) is 2.47. The number of hydrogen-bond donors (Lipinski definition) is 0. The molecule has 1 aromatic carbocycles. The van der Waals surface area contributed by atoms with Crippen molar-refractivity contribution in [1.29, 1.82) is 0 Å². The second-order valence-electron chi connectivity index (χ2n) is 5.62. The van der Waals surface area contributed by atoms with Crippen molar-refractivity contribution in [2.45, 2.75) is 13.8 Å². The minimum absolute atomic E-state index is 0.320. The van der Waals surface area contributed by atoms with Gasteiger partial charge in [0.15, 0.2) is 5.82 Å². The molecule has 0 spiro atoms. The molecule has 0 aliphatic carbocycles. The second kappa shape index (κ2) is 7.40. The average Bonchev–Trinajstić information content (AvgIpc) is 2.62. The zero-order valence-electron chi connectivity index (χ0n) is 14.0. The maximum Gasteiger partial charge on any atom is 0.343 e. The third kappa shape index (κ3) is 3.54. The summed E-state index contributed by atoms with van der Waals surface area (Å²) in [6.45, 7) is 6.75. The third-order valence-electron chi connectivity index (χ3n) is 3.85. The summed E-state index contributed by atoms with van der Waals surface area (Å²) in [5, 5.41) is 0. The van der Waals surface area contributed by atoms with Crippen LogP contribution in [0.1, 0.15) is 22.8 Å². The molecule has 0 saturated carbocycles. The number of hydrogen-bond acceptors (Lipinski definition) is 6. The lowest BCUT2D eigenvalue weighted by molar-refractivity contribution is 0.0525. The lowest BCUT2D eigenvalue weighted by Crippen LogP contribution is -2.38. The van der Waals surface area contributed by atoms with E-state index in [2.05, 4.69) is 14.9 Å². The third-order valence-corrected chi connectivity index (χ3v) is 3.85. The molecule has 1 aliphatic heterocycles. The van der Waals surface area contributed by atoms with Gasteiger partial charge in [-0.2, -0.15) is 0 Å². The van der Waals surface area contributed by atoms with Crippen LogP contribution >= 0.6 is 0 Å². The zero-order valence-corrected chi connectivity index (χ0v) is 14.0. The fourth-order valence-electron chi connectivity index (χ4n) is 2.67. The largest absolute Gasteiger partial charge is 0.462 e. The summed E-state index contributed by atoms with van der Waals surface area (Å²) >= 11 is 0. The van der Waals surface area contributed by atoms with Gasteiger partial charge in [-0.1, -0.05) is 23.8 Å². The van der Waals surface area contributed by atoms with Crippen molar-refractivity contribution >= 4 is 11.8 Å². The van der Waals surface area contributed by atoms with E-state index in [1.807, 2.05) is 31.2 Å². The van der Waals surface area contributed by atoms with E-state index in [0.29, 0.717) is 50.1 Å². The van der Waals surface area contributed by atoms with Crippen LogP contribution in [0.2, 0.25) is 0 Å². The van der Waals surface area contributed by atoms with Gasteiger partial charge >= 0.3 is 5.97 Å². The van der Waals surface area contributed by atoms with Crippen molar-refractivity contribution < 1.29 is 14.3 Å². The van der Waals surface area contributed by atoms with Crippen molar-refractivity contribution in [2.24, 2.45) is 0 Å². The molecule has 1 aliphatic rings. The molecule has 0 radical (unpaired) electrons. The molecule has 1 aromatic heterocycles. The molecule has 0 atom stereocenters. The Morgan fingerprint density at radius 3 is 2.83 bits per heavy atom. The highest BCUT2D eigenvalue weighted by molar-refractivity contribution is 5.94. The SMILES string of the molecule is CCOC(=O)c1cnc(-c2cccc(C)c2)nc1N1CCOCC1. The smallest absolute Gasteiger partial charge is 0.343 e. The van der Waals surface area contributed by atoms with Crippen molar-refractivity contribution in [1.82, 2.24) is 9.97 Å². The number of morpholine rings is 1. The number of aryl methyl sites for hydroxylation is 1. The fraction of sp³-hybridized carbons (Fsp3) is 0.389. The van der Waals surface area contributed by atoms with E-state index < -0.39 is 5.97 Å². The van der Waals surface area contributed by atoms with Gasteiger partial charge in [-0.15, -0.1) is 0 Å². The van der Waals surface area contributed by atoms with Gasteiger partial charge in [0.1, 0.15) is 11.4 Å². The Morgan fingerprint density at radius 2 is 2.12 bits per heavy atom. The van der Waals surface area contributed by atoms with E-state index in [9.17, 15) is 4.79 Å². The lowest BCUT2D eigenvalue weighted by atomic mass is 10.1. The van der Waals surface area contributed by atoms with Gasteiger partial charge in [-0.05, 0) is 19.9 Å².